The summed E-state index contributed by atoms with van der Waals surface area (Å²) in [5, 5.41) is 2.95. The van der Waals surface area contributed by atoms with Crippen molar-refractivity contribution < 1.29 is 14.0 Å². The molecule has 1 fully saturated rings. The fourth-order valence-corrected chi connectivity index (χ4v) is 4.08. The number of imide groups is 1. The molecule has 2 aliphatic rings. The first-order chi connectivity index (χ1) is 12.7. The van der Waals surface area contributed by atoms with Crippen LogP contribution in [0.5, 0.6) is 0 Å². The third-order valence-electron chi connectivity index (χ3n) is 5.28. The molecular weight excluding hydrogens is 330 g/mol. The van der Waals surface area contributed by atoms with Gasteiger partial charge in [-0.1, -0.05) is 36.4 Å². The Labute approximate surface area is 149 Å². The standard InChI is InChI=1S/C20H17N3O3/c24-18-20(11-5-7-13-6-1-2-8-14(13)20)22-19(25)23(18)12-17-21-15-9-3-4-10-16(15)26-17/h1-4,6,8-10H,5,7,11-12H2,(H,22,25). The number of carbonyl (C=O) groups excluding carboxylic acids is 2. The van der Waals surface area contributed by atoms with Crippen LogP contribution in [0.1, 0.15) is 29.9 Å². The molecule has 2 heterocycles. The van der Waals surface area contributed by atoms with E-state index in [0.29, 0.717) is 23.4 Å². The molecule has 6 heteroatoms. The minimum Gasteiger partial charge on any atom is -0.439 e. The lowest BCUT2D eigenvalue weighted by molar-refractivity contribution is -0.132. The third kappa shape index (κ3) is 2.08. The molecule has 1 saturated heterocycles. The Balaban J connectivity index is 1.51. The highest BCUT2D eigenvalue weighted by atomic mass is 16.3. The molecular formula is C20H17N3O3. The number of oxazole rings is 1. The van der Waals surface area contributed by atoms with Gasteiger partial charge in [0.1, 0.15) is 17.6 Å². The Hall–Kier alpha value is -3.15. The van der Waals surface area contributed by atoms with Crippen LogP contribution in [-0.4, -0.2) is 21.8 Å². The molecule has 5 rings (SSSR count). The molecule has 2 aromatic carbocycles. The largest absolute Gasteiger partial charge is 0.439 e. The number of fused-ring (bicyclic) bond motifs is 3. The molecule has 1 atom stereocenters. The molecule has 0 bridgehead atoms. The van der Waals surface area contributed by atoms with Gasteiger partial charge in [-0.05, 0) is 42.5 Å². The lowest BCUT2D eigenvalue weighted by Crippen LogP contribution is -2.46. The second-order valence-electron chi connectivity index (χ2n) is 6.81. The summed E-state index contributed by atoms with van der Waals surface area (Å²) in [4.78, 5) is 31.5. The highest BCUT2D eigenvalue weighted by Gasteiger charge is 2.54. The van der Waals surface area contributed by atoms with Crippen LogP contribution in [0.25, 0.3) is 11.1 Å². The maximum Gasteiger partial charge on any atom is 0.325 e. The fourth-order valence-electron chi connectivity index (χ4n) is 4.08. The van der Waals surface area contributed by atoms with Gasteiger partial charge in [0.25, 0.3) is 5.91 Å². The number of carbonyl (C=O) groups is 2. The molecule has 130 valence electrons. The van der Waals surface area contributed by atoms with Crippen molar-refractivity contribution in [3.63, 3.8) is 0 Å². The first-order valence-corrected chi connectivity index (χ1v) is 8.74. The summed E-state index contributed by atoms with van der Waals surface area (Å²) in [6.45, 7) is 0.0310. The van der Waals surface area contributed by atoms with E-state index in [1.807, 2.05) is 48.5 Å². The molecule has 1 spiro atoms. The van der Waals surface area contributed by atoms with Crippen LogP contribution in [-0.2, 0) is 23.3 Å². The summed E-state index contributed by atoms with van der Waals surface area (Å²) in [5.74, 6) is 0.132. The number of rotatable bonds is 2. The Bertz CT molecular complexity index is 1010. The summed E-state index contributed by atoms with van der Waals surface area (Å²) >= 11 is 0. The molecule has 3 amide bonds. The lowest BCUT2D eigenvalue weighted by atomic mass is 9.76. The number of amides is 3. The molecule has 6 nitrogen and oxygen atoms in total. The predicted molar refractivity (Wildman–Crippen MR) is 94.1 cm³/mol. The van der Waals surface area contributed by atoms with Crippen LogP contribution >= 0.6 is 0 Å². The van der Waals surface area contributed by atoms with Gasteiger partial charge in [0.05, 0.1) is 0 Å². The zero-order chi connectivity index (χ0) is 17.7. The lowest BCUT2D eigenvalue weighted by Gasteiger charge is -2.33. The predicted octanol–water partition coefficient (Wildman–Crippen LogP) is 3.11. The van der Waals surface area contributed by atoms with Crippen LogP contribution in [0.15, 0.2) is 52.9 Å². The van der Waals surface area contributed by atoms with Crippen molar-refractivity contribution in [1.29, 1.82) is 0 Å². The number of nitrogens with one attached hydrogen (secondary N) is 1. The van der Waals surface area contributed by atoms with E-state index in [1.54, 1.807) is 0 Å². The first kappa shape index (κ1) is 15.1. The summed E-state index contributed by atoms with van der Waals surface area (Å²) in [6, 6.07) is 14.8. The summed E-state index contributed by atoms with van der Waals surface area (Å²) in [7, 11) is 0. The Morgan fingerprint density at radius 1 is 1.12 bits per heavy atom. The van der Waals surface area contributed by atoms with E-state index >= 15 is 0 Å². The molecule has 0 saturated carbocycles. The highest BCUT2D eigenvalue weighted by Crippen LogP contribution is 2.40. The number of aromatic nitrogens is 1. The normalized spacial score (nSPS) is 22.1. The van der Waals surface area contributed by atoms with Gasteiger partial charge in [0.2, 0.25) is 5.89 Å². The molecule has 3 aromatic rings. The van der Waals surface area contributed by atoms with E-state index in [-0.39, 0.29) is 12.5 Å². The minimum atomic E-state index is -0.960. The van der Waals surface area contributed by atoms with Gasteiger partial charge in [-0.15, -0.1) is 0 Å². The maximum absolute atomic E-state index is 13.2. The summed E-state index contributed by atoms with van der Waals surface area (Å²) in [5.41, 5.74) is 2.43. The van der Waals surface area contributed by atoms with Crippen molar-refractivity contribution >= 4 is 23.0 Å². The first-order valence-electron chi connectivity index (χ1n) is 8.74. The van der Waals surface area contributed by atoms with Crippen molar-refractivity contribution in [3.05, 3.63) is 65.5 Å². The van der Waals surface area contributed by atoms with Crippen LogP contribution in [0, 0.1) is 0 Å². The van der Waals surface area contributed by atoms with Gasteiger partial charge in [-0.25, -0.2) is 9.78 Å². The number of nitrogens with zero attached hydrogens (tertiary/aromatic N) is 2. The third-order valence-corrected chi connectivity index (χ3v) is 5.28. The number of hydrogen-bond donors (Lipinski definition) is 1. The Morgan fingerprint density at radius 2 is 1.92 bits per heavy atom. The zero-order valence-electron chi connectivity index (χ0n) is 14.1. The van der Waals surface area contributed by atoms with Gasteiger partial charge in [-0.3, -0.25) is 9.69 Å². The van der Waals surface area contributed by atoms with E-state index in [9.17, 15) is 9.59 Å². The van der Waals surface area contributed by atoms with Crippen LogP contribution in [0.4, 0.5) is 4.79 Å². The number of para-hydroxylation sites is 2. The maximum atomic E-state index is 13.2. The molecule has 1 unspecified atom stereocenters. The van der Waals surface area contributed by atoms with Gasteiger partial charge in [-0.2, -0.15) is 0 Å². The Kier molecular flexibility index (Phi) is 3.16. The number of urea groups is 1. The van der Waals surface area contributed by atoms with Gasteiger partial charge >= 0.3 is 6.03 Å². The number of aryl methyl sites for hydroxylation is 1. The molecule has 1 N–H and O–H groups in total. The fraction of sp³-hybridized carbons (Fsp3) is 0.250. The van der Waals surface area contributed by atoms with Crippen LogP contribution in [0.3, 0.4) is 0 Å². The quantitative estimate of drug-likeness (QED) is 0.723. The average molecular weight is 347 g/mol. The van der Waals surface area contributed by atoms with Crippen molar-refractivity contribution in [3.8, 4) is 0 Å². The highest BCUT2D eigenvalue weighted by molar-refractivity contribution is 6.07. The topological polar surface area (TPSA) is 75.4 Å². The van der Waals surface area contributed by atoms with Gasteiger partial charge in [0, 0.05) is 0 Å². The molecule has 1 aromatic heterocycles. The van der Waals surface area contributed by atoms with Crippen molar-refractivity contribution in [2.45, 2.75) is 31.3 Å². The second kappa shape index (κ2) is 5.42. The molecule has 0 radical (unpaired) electrons. The monoisotopic (exact) mass is 347 g/mol. The number of hydrogen-bond acceptors (Lipinski definition) is 4. The average Bonchev–Trinajstić information content (AvgIpc) is 3.17. The zero-order valence-corrected chi connectivity index (χ0v) is 14.1. The smallest absolute Gasteiger partial charge is 0.325 e. The van der Waals surface area contributed by atoms with E-state index in [1.165, 1.54) is 4.90 Å². The summed E-state index contributed by atoms with van der Waals surface area (Å²) in [6.07, 6.45) is 2.39. The van der Waals surface area contributed by atoms with Gasteiger partial charge in [0.15, 0.2) is 5.58 Å². The van der Waals surface area contributed by atoms with E-state index < -0.39 is 11.6 Å². The number of benzene rings is 2. The molecule has 1 aliphatic carbocycles. The van der Waals surface area contributed by atoms with E-state index in [2.05, 4.69) is 10.3 Å². The minimum absolute atomic E-state index is 0.0310. The van der Waals surface area contributed by atoms with Gasteiger partial charge < -0.3 is 9.73 Å². The molecule has 26 heavy (non-hydrogen) atoms. The summed E-state index contributed by atoms with van der Waals surface area (Å²) < 4.78 is 5.69. The van der Waals surface area contributed by atoms with E-state index in [0.717, 1.165) is 24.0 Å². The SMILES string of the molecule is O=C1NC2(CCCc3ccccc32)C(=O)N1Cc1nc2ccccc2o1. The van der Waals surface area contributed by atoms with Crippen LogP contribution < -0.4 is 5.32 Å². The van der Waals surface area contributed by atoms with Crippen molar-refractivity contribution in [1.82, 2.24) is 15.2 Å². The van der Waals surface area contributed by atoms with Crippen molar-refractivity contribution in [2.24, 2.45) is 0 Å². The Morgan fingerprint density at radius 3 is 2.81 bits per heavy atom. The van der Waals surface area contributed by atoms with E-state index in [4.69, 9.17) is 4.42 Å². The second-order valence-corrected chi connectivity index (χ2v) is 6.81. The van der Waals surface area contributed by atoms with Crippen LogP contribution in [0.2, 0.25) is 0 Å². The molecule has 1 aliphatic heterocycles. The van der Waals surface area contributed by atoms with Crippen molar-refractivity contribution in [2.75, 3.05) is 0 Å².